The number of hydrogen-bond acceptors (Lipinski definition) is 7. The lowest BCUT2D eigenvalue weighted by atomic mass is 10.1. The van der Waals surface area contributed by atoms with Crippen molar-refractivity contribution in [3.05, 3.63) is 68.4 Å². The number of rotatable bonds is 3. The van der Waals surface area contributed by atoms with Gasteiger partial charge in [0.2, 0.25) is 0 Å². The second kappa shape index (κ2) is 6.39. The maximum Gasteiger partial charge on any atom is 0.270 e. The Labute approximate surface area is 166 Å². The van der Waals surface area contributed by atoms with E-state index in [4.69, 9.17) is 4.74 Å². The molecule has 138 valence electrons. The van der Waals surface area contributed by atoms with Crippen molar-refractivity contribution in [1.82, 2.24) is 4.98 Å². The van der Waals surface area contributed by atoms with Gasteiger partial charge in [-0.25, -0.2) is 4.98 Å². The van der Waals surface area contributed by atoms with E-state index in [1.165, 1.54) is 34.8 Å². The number of hydrogen-bond donors (Lipinski definition) is 1. The van der Waals surface area contributed by atoms with E-state index in [-0.39, 0.29) is 11.6 Å². The van der Waals surface area contributed by atoms with Crippen LogP contribution in [-0.2, 0) is 6.61 Å². The Balaban J connectivity index is 1.43. The molecule has 0 unspecified atom stereocenters. The Morgan fingerprint density at radius 2 is 2.04 bits per heavy atom. The van der Waals surface area contributed by atoms with Crippen LogP contribution < -0.4 is 10.1 Å². The molecule has 9 heteroatoms. The molecule has 0 atom stereocenters. The molecule has 0 saturated heterocycles. The van der Waals surface area contributed by atoms with E-state index >= 15 is 0 Å². The fraction of sp³-hybridized carbons (Fsp3) is 0.0526. The number of nitrogens with one attached hydrogen (secondary N) is 1. The zero-order valence-corrected chi connectivity index (χ0v) is 15.8. The highest BCUT2D eigenvalue weighted by Crippen LogP contribution is 2.41. The summed E-state index contributed by atoms with van der Waals surface area (Å²) in [5.74, 6) is 0.494. The zero-order valence-electron chi connectivity index (χ0n) is 14.2. The quantitative estimate of drug-likeness (QED) is 0.376. The van der Waals surface area contributed by atoms with Crippen molar-refractivity contribution in [2.75, 3.05) is 5.32 Å². The molecular formula is C19H11N3O4S2. The maximum atomic E-state index is 12.7. The first kappa shape index (κ1) is 16.8. The number of nitro groups is 1. The standard InChI is InChI=1S/C19H11N3O4S2/c23-18(15-8-10-7-11(22(24)25)5-6-14(10)27-15)21-19-20-17-12-3-1-2-4-13(12)26-9-16(17)28-19/h1-8H,9H2,(H,20,21,23). The Kier molecular flexibility index (Phi) is 3.85. The molecule has 0 spiro atoms. The minimum atomic E-state index is -0.448. The summed E-state index contributed by atoms with van der Waals surface area (Å²) < 4.78 is 6.54. The second-order valence-electron chi connectivity index (χ2n) is 6.12. The van der Waals surface area contributed by atoms with Gasteiger partial charge in [0.1, 0.15) is 12.4 Å². The Hall–Kier alpha value is -3.30. The van der Waals surface area contributed by atoms with E-state index in [0.29, 0.717) is 22.0 Å². The average molecular weight is 409 g/mol. The van der Waals surface area contributed by atoms with Crippen molar-refractivity contribution in [2.24, 2.45) is 0 Å². The molecule has 1 amide bonds. The number of carbonyl (C=O) groups excluding carboxylic acids is 1. The molecule has 2 aromatic carbocycles. The molecule has 5 rings (SSSR count). The fourth-order valence-corrected chi connectivity index (χ4v) is 4.88. The number of nitro benzene ring substituents is 1. The lowest BCUT2D eigenvalue weighted by Gasteiger charge is -2.15. The van der Waals surface area contributed by atoms with Gasteiger partial charge >= 0.3 is 0 Å². The van der Waals surface area contributed by atoms with E-state index in [0.717, 1.165) is 26.6 Å². The van der Waals surface area contributed by atoms with Gasteiger partial charge in [-0.2, -0.15) is 0 Å². The Bertz CT molecular complexity index is 1260. The van der Waals surface area contributed by atoms with Crippen molar-refractivity contribution in [1.29, 1.82) is 0 Å². The summed E-state index contributed by atoms with van der Waals surface area (Å²) >= 11 is 2.67. The summed E-state index contributed by atoms with van der Waals surface area (Å²) in [5, 5.41) is 14.9. The number of ether oxygens (including phenoxy) is 1. The van der Waals surface area contributed by atoms with Gasteiger partial charge in [0.05, 0.1) is 20.4 Å². The second-order valence-corrected chi connectivity index (χ2v) is 8.29. The number of para-hydroxylation sites is 1. The van der Waals surface area contributed by atoms with Crippen LogP contribution in [0.15, 0.2) is 48.5 Å². The number of anilines is 1. The third-order valence-electron chi connectivity index (χ3n) is 4.35. The number of amides is 1. The van der Waals surface area contributed by atoms with Crippen molar-refractivity contribution in [3.63, 3.8) is 0 Å². The van der Waals surface area contributed by atoms with Gasteiger partial charge in [-0.05, 0) is 24.3 Å². The van der Waals surface area contributed by atoms with E-state index in [2.05, 4.69) is 10.3 Å². The van der Waals surface area contributed by atoms with Crippen LogP contribution in [-0.4, -0.2) is 15.8 Å². The number of carbonyl (C=O) groups is 1. The van der Waals surface area contributed by atoms with Crippen molar-refractivity contribution in [3.8, 4) is 17.0 Å². The van der Waals surface area contributed by atoms with Crippen LogP contribution in [0.1, 0.15) is 14.5 Å². The van der Waals surface area contributed by atoms with Crippen LogP contribution in [0.5, 0.6) is 5.75 Å². The van der Waals surface area contributed by atoms with Crippen LogP contribution in [0.3, 0.4) is 0 Å². The van der Waals surface area contributed by atoms with E-state index in [1.54, 1.807) is 12.1 Å². The minimum absolute atomic E-state index is 0.00326. The van der Waals surface area contributed by atoms with Gasteiger partial charge in [-0.15, -0.1) is 11.3 Å². The van der Waals surface area contributed by atoms with E-state index in [1.807, 2.05) is 24.3 Å². The number of non-ortho nitro benzene ring substituents is 1. The van der Waals surface area contributed by atoms with Gasteiger partial charge in [-0.1, -0.05) is 23.5 Å². The topological polar surface area (TPSA) is 94.4 Å². The molecule has 1 N–H and O–H groups in total. The van der Waals surface area contributed by atoms with Crippen molar-refractivity contribution >= 4 is 49.5 Å². The highest BCUT2D eigenvalue weighted by atomic mass is 32.1. The maximum absolute atomic E-state index is 12.7. The predicted molar refractivity (Wildman–Crippen MR) is 108 cm³/mol. The molecule has 0 radical (unpaired) electrons. The molecule has 0 aliphatic carbocycles. The van der Waals surface area contributed by atoms with Gasteiger partial charge in [0.15, 0.2) is 5.13 Å². The predicted octanol–water partition coefficient (Wildman–Crippen LogP) is 5.08. The summed E-state index contributed by atoms with van der Waals surface area (Å²) in [4.78, 5) is 29.1. The lowest BCUT2D eigenvalue weighted by Crippen LogP contribution is -2.09. The summed E-state index contributed by atoms with van der Waals surface area (Å²) in [6.07, 6.45) is 0. The summed E-state index contributed by atoms with van der Waals surface area (Å²) in [6, 6.07) is 13.9. The zero-order chi connectivity index (χ0) is 19.3. The fourth-order valence-electron chi connectivity index (χ4n) is 3.06. The molecule has 0 bridgehead atoms. The lowest BCUT2D eigenvalue weighted by molar-refractivity contribution is -0.384. The number of fused-ring (bicyclic) bond motifs is 4. The minimum Gasteiger partial charge on any atom is -0.487 e. The molecule has 0 saturated carbocycles. The Morgan fingerprint density at radius 3 is 2.89 bits per heavy atom. The molecule has 4 aromatic rings. The molecule has 28 heavy (non-hydrogen) atoms. The van der Waals surface area contributed by atoms with Crippen LogP contribution in [0, 0.1) is 10.1 Å². The third kappa shape index (κ3) is 2.81. The summed E-state index contributed by atoms with van der Waals surface area (Å²) in [6.45, 7) is 0.423. The monoisotopic (exact) mass is 409 g/mol. The molecule has 7 nitrogen and oxygen atoms in total. The summed E-state index contributed by atoms with van der Waals surface area (Å²) in [5.41, 5.74) is 1.74. The number of benzene rings is 2. The highest BCUT2D eigenvalue weighted by Gasteiger charge is 2.23. The van der Waals surface area contributed by atoms with E-state index < -0.39 is 4.92 Å². The summed E-state index contributed by atoms with van der Waals surface area (Å²) in [7, 11) is 0. The van der Waals surface area contributed by atoms with Crippen LogP contribution in [0.25, 0.3) is 21.3 Å². The number of nitrogens with zero attached hydrogens (tertiary/aromatic N) is 2. The van der Waals surface area contributed by atoms with Gasteiger partial charge in [0, 0.05) is 27.8 Å². The van der Waals surface area contributed by atoms with Gasteiger partial charge in [-0.3, -0.25) is 20.2 Å². The molecule has 1 aliphatic heterocycles. The number of thiophene rings is 1. The van der Waals surface area contributed by atoms with Crippen LogP contribution in [0.2, 0.25) is 0 Å². The normalized spacial score (nSPS) is 12.1. The first-order valence-electron chi connectivity index (χ1n) is 8.30. The first-order chi connectivity index (χ1) is 13.6. The van der Waals surface area contributed by atoms with Gasteiger partial charge in [0.25, 0.3) is 11.6 Å². The molecular weight excluding hydrogens is 398 g/mol. The van der Waals surface area contributed by atoms with Crippen molar-refractivity contribution in [2.45, 2.75) is 6.61 Å². The largest absolute Gasteiger partial charge is 0.487 e. The van der Waals surface area contributed by atoms with Crippen molar-refractivity contribution < 1.29 is 14.5 Å². The molecule has 2 aromatic heterocycles. The number of aromatic nitrogens is 1. The smallest absolute Gasteiger partial charge is 0.270 e. The number of thiazole rings is 1. The molecule has 0 fully saturated rings. The Morgan fingerprint density at radius 1 is 1.18 bits per heavy atom. The van der Waals surface area contributed by atoms with Crippen LogP contribution in [0.4, 0.5) is 10.8 Å². The average Bonchev–Trinajstić information content (AvgIpc) is 3.31. The molecule has 1 aliphatic rings. The van der Waals surface area contributed by atoms with Gasteiger partial charge < -0.3 is 4.74 Å². The third-order valence-corrected chi connectivity index (χ3v) is 6.41. The molecule has 3 heterocycles. The van der Waals surface area contributed by atoms with E-state index in [9.17, 15) is 14.9 Å². The highest BCUT2D eigenvalue weighted by molar-refractivity contribution is 7.21. The first-order valence-corrected chi connectivity index (χ1v) is 9.93. The van der Waals surface area contributed by atoms with Crippen LogP contribution >= 0.6 is 22.7 Å². The SMILES string of the molecule is O=C(Nc1nc2c(s1)COc1ccccc1-2)c1cc2cc([N+](=O)[O-])ccc2s1.